The van der Waals surface area contributed by atoms with Crippen LogP contribution in [0.15, 0.2) is 33.7 Å². The van der Waals surface area contributed by atoms with Gasteiger partial charge in [0.25, 0.3) is 0 Å². The number of amides is 1. The average molecular weight is 461 g/mol. The van der Waals surface area contributed by atoms with Crippen molar-refractivity contribution >= 4 is 27.3 Å². The molecule has 3 heterocycles. The second-order valence-corrected chi connectivity index (χ2v) is 10.9. The first kappa shape index (κ1) is 22.8. The number of anilines is 2. The summed E-state index contributed by atoms with van der Waals surface area (Å²) in [5, 5.41) is 6.76. The highest BCUT2D eigenvalue weighted by molar-refractivity contribution is 7.89. The van der Waals surface area contributed by atoms with Crippen molar-refractivity contribution in [2.75, 3.05) is 36.4 Å². The van der Waals surface area contributed by atoms with Crippen LogP contribution in [0.3, 0.4) is 0 Å². The summed E-state index contributed by atoms with van der Waals surface area (Å²) >= 11 is 0. The lowest BCUT2D eigenvalue weighted by atomic mass is 9.97. The molecule has 1 amide bonds. The van der Waals surface area contributed by atoms with E-state index in [1.54, 1.807) is 13.8 Å². The minimum atomic E-state index is -3.67. The Balaban J connectivity index is 1.32. The van der Waals surface area contributed by atoms with Gasteiger partial charge in [0.2, 0.25) is 15.9 Å². The Labute approximate surface area is 190 Å². The van der Waals surface area contributed by atoms with Gasteiger partial charge in [-0.25, -0.2) is 8.42 Å². The lowest BCUT2D eigenvalue weighted by Gasteiger charge is -2.32. The van der Waals surface area contributed by atoms with E-state index in [0.29, 0.717) is 37.4 Å². The molecule has 0 unspecified atom stereocenters. The molecule has 0 aliphatic carbocycles. The summed E-state index contributed by atoms with van der Waals surface area (Å²) in [4.78, 5) is 15.3. The molecule has 4 rings (SSSR count). The molecule has 8 nitrogen and oxygen atoms in total. The lowest BCUT2D eigenvalue weighted by molar-refractivity contribution is -0.120. The quantitative estimate of drug-likeness (QED) is 0.733. The van der Waals surface area contributed by atoms with E-state index in [1.807, 2.05) is 12.1 Å². The van der Waals surface area contributed by atoms with Crippen LogP contribution in [-0.4, -0.2) is 50.0 Å². The third-order valence-electron chi connectivity index (χ3n) is 6.67. The van der Waals surface area contributed by atoms with Gasteiger partial charge >= 0.3 is 0 Å². The molecule has 1 N–H and O–H groups in total. The standard InChI is InChI=1S/C23H32N4O4S/c1-16-8-12-26(13-9-16)21-6-4-20(5-7-21)24-23(28)19-10-14-27(15-11-19)32(29,30)22-17(2)25-31-18(22)3/h4-7,16,19H,8-15H2,1-3H3,(H,24,28). The van der Waals surface area contributed by atoms with Gasteiger partial charge in [-0.1, -0.05) is 12.1 Å². The zero-order valence-corrected chi connectivity index (χ0v) is 19.8. The molecule has 0 bridgehead atoms. The number of aryl methyl sites for hydroxylation is 2. The maximum absolute atomic E-state index is 13.0. The van der Waals surface area contributed by atoms with Crippen LogP contribution in [0.4, 0.5) is 11.4 Å². The number of hydrogen-bond acceptors (Lipinski definition) is 6. The van der Waals surface area contributed by atoms with Gasteiger partial charge in [-0.3, -0.25) is 4.79 Å². The van der Waals surface area contributed by atoms with E-state index in [4.69, 9.17) is 4.52 Å². The first-order valence-electron chi connectivity index (χ1n) is 11.3. The smallest absolute Gasteiger partial charge is 0.248 e. The van der Waals surface area contributed by atoms with Crippen LogP contribution in [0.25, 0.3) is 0 Å². The number of sulfonamides is 1. The second-order valence-electron chi connectivity index (χ2n) is 9.04. The topological polar surface area (TPSA) is 95.8 Å². The van der Waals surface area contributed by atoms with E-state index in [2.05, 4.69) is 34.4 Å². The molecule has 9 heteroatoms. The Morgan fingerprint density at radius 2 is 1.66 bits per heavy atom. The molecule has 2 saturated heterocycles. The first-order valence-corrected chi connectivity index (χ1v) is 12.8. The number of nitrogens with one attached hydrogen (secondary N) is 1. The van der Waals surface area contributed by atoms with Crippen LogP contribution in [0.1, 0.15) is 44.1 Å². The van der Waals surface area contributed by atoms with E-state index in [-0.39, 0.29) is 16.7 Å². The van der Waals surface area contributed by atoms with Crippen molar-refractivity contribution in [1.82, 2.24) is 9.46 Å². The SMILES string of the molecule is Cc1noc(C)c1S(=O)(=O)N1CCC(C(=O)Nc2ccc(N3CCC(C)CC3)cc2)CC1. The number of aromatic nitrogens is 1. The number of nitrogens with zero attached hydrogens (tertiary/aromatic N) is 3. The third-order valence-corrected chi connectivity index (χ3v) is 8.82. The third kappa shape index (κ3) is 4.68. The van der Waals surface area contributed by atoms with Crippen LogP contribution in [0.5, 0.6) is 0 Å². The zero-order chi connectivity index (χ0) is 22.9. The highest BCUT2D eigenvalue weighted by Crippen LogP contribution is 2.29. The van der Waals surface area contributed by atoms with Crippen molar-refractivity contribution in [3.8, 4) is 0 Å². The van der Waals surface area contributed by atoms with Crippen molar-refractivity contribution in [2.45, 2.75) is 51.3 Å². The van der Waals surface area contributed by atoms with Crippen LogP contribution >= 0.6 is 0 Å². The molecule has 2 aliphatic rings. The molecule has 174 valence electrons. The van der Waals surface area contributed by atoms with E-state index in [9.17, 15) is 13.2 Å². The molecule has 2 aromatic rings. The Kier molecular flexibility index (Phi) is 6.57. The molecule has 0 spiro atoms. The van der Waals surface area contributed by atoms with Gasteiger partial charge in [-0.2, -0.15) is 4.31 Å². The van der Waals surface area contributed by atoms with E-state index in [0.717, 1.165) is 24.7 Å². The van der Waals surface area contributed by atoms with Gasteiger partial charge in [-0.15, -0.1) is 0 Å². The molecule has 2 aliphatic heterocycles. The summed E-state index contributed by atoms with van der Waals surface area (Å²) in [5.74, 6) is 0.814. The molecule has 32 heavy (non-hydrogen) atoms. The number of carbonyl (C=O) groups excluding carboxylic acids is 1. The average Bonchev–Trinajstić information content (AvgIpc) is 3.13. The van der Waals surface area contributed by atoms with E-state index >= 15 is 0 Å². The van der Waals surface area contributed by atoms with Crippen LogP contribution < -0.4 is 10.2 Å². The van der Waals surface area contributed by atoms with Gasteiger partial charge in [0.15, 0.2) is 5.76 Å². The summed E-state index contributed by atoms with van der Waals surface area (Å²) in [7, 11) is -3.67. The van der Waals surface area contributed by atoms with E-state index < -0.39 is 10.0 Å². The van der Waals surface area contributed by atoms with Crippen LogP contribution in [0, 0.1) is 25.7 Å². The summed E-state index contributed by atoms with van der Waals surface area (Å²) in [5.41, 5.74) is 2.33. The summed E-state index contributed by atoms with van der Waals surface area (Å²) in [6, 6.07) is 8.01. The van der Waals surface area contributed by atoms with Crippen LogP contribution in [0.2, 0.25) is 0 Å². The van der Waals surface area contributed by atoms with Crippen molar-refractivity contribution in [3.63, 3.8) is 0 Å². The molecule has 1 aromatic heterocycles. The second kappa shape index (κ2) is 9.23. The molecular weight excluding hydrogens is 428 g/mol. The predicted molar refractivity (Wildman–Crippen MR) is 123 cm³/mol. The Morgan fingerprint density at radius 3 is 2.22 bits per heavy atom. The van der Waals surface area contributed by atoms with Crippen molar-refractivity contribution in [3.05, 3.63) is 35.7 Å². The monoisotopic (exact) mass is 460 g/mol. The minimum absolute atomic E-state index is 0.0565. The highest BCUT2D eigenvalue weighted by Gasteiger charge is 2.35. The normalized spacial score (nSPS) is 19.3. The van der Waals surface area contributed by atoms with Gasteiger partial charge in [-0.05, 0) is 69.7 Å². The number of carbonyl (C=O) groups is 1. The molecule has 0 radical (unpaired) electrons. The minimum Gasteiger partial charge on any atom is -0.372 e. The molecular formula is C23H32N4O4S. The predicted octanol–water partition coefficient (Wildman–Crippen LogP) is 3.57. The number of rotatable bonds is 5. The maximum atomic E-state index is 13.0. The van der Waals surface area contributed by atoms with Gasteiger partial charge in [0, 0.05) is 43.5 Å². The lowest BCUT2D eigenvalue weighted by Crippen LogP contribution is -2.41. The Bertz CT molecular complexity index is 1030. The summed E-state index contributed by atoms with van der Waals surface area (Å²) in [6.45, 7) is 8.27. The fourth-order valence-corrected chi connectivity index (χ4v) is 6.36. The fourth-order valence-electron chi connectivity index (χ4n) is 4.60. The fraction of sp³-hybridized carbons (Fsp3) is 0.565. The Hall–Kier alpha value is -2.39. The molecule has 2 fully saturated rings. The number of hydrogen-bond donors (Lipinski definition) is 1. The highest BCUT2D eigenvalue weighted by atomic mass is 32.2. The largest absolute Gasteiger partial charge is 0.372 e. The molecule has 0 saturated carbocycles. The molecule has 1 aromatic carbocycles. The zero-order valence-electron chi connectivity index (χ0n) is 19.0. The summed E-state index contributed by atoms with van der Waals surface area (Å²) < 4.78 is 32.4. The first-order chi connectivity index (χ1) is 15.3. The summed E-state index contributed by atoms with van der Waals surface area (Å²) in [6.07, 6.45) is 3.39. The van der Waals surface area contributed by atoms with Crippen molar-refractivity contribution in [1.29, 1.82) is 0 Å². The Morgan fingerprint density at radius 1 is 1.03 bits per heavy atom. The van der Waals surface area contributed by atoms with Gasteiger partial charge in [0.1, 0.15) is 10.6 Å². The van der Waals surface area contributed by atoms with Crippen molar-refractivity contribution in [2.24, 2.45) is 11.8 Å². The number of piperidine rings is 2. The maximum Gasteiger partial charge on any atom is 0.248 e. The van der Waals surface area contributed by atoms with Crippen molar-refractivity contribution < 1.29 is 17.7 Å². The number of benzene rings is 1. The molecule has 0 atom stereocenters. The van der Waals surface area contributed by atoms with E-state index in [1.165, 1.54) is 22.8 Å². The van der Waals surface area contributed by atoms with Gasteiger partial charge < -0.3 is 14.7 Å². The van der Waals surface area contributed by atoms with Gasteiger partial charge in [0.05, 0.1) is 0 Å². The van der Waals surface area contributed by atoms with Crippen LogP contribution in [-0.2, 0) is 14.8 Å².